The van der Waals surface area contributed by atoms with Crippen molar-refractivity contribution in [2.24, 2.45) is 10.9 Å². The van der Waals surface area contributed by atoms with E-state index in [1.54, 1.807) is 4.72 Å². The van der Waals surface area contributed by atoms with Crippen molar-refractivity contribution in [2.75, 3.05) is 6.54 Å². The maximum atomic E-state index is 13.2. The molecule has 0 fully saturated rings. The van der Waals surface area contributed by atoms with Gasteiger partial charge >= 0.3 is 0 Å². The molecule has 0 aromatic heterocycles. The van der Waals surface area contributed by atoms with E-state index in [0.717, 1.165) is 0 Å². The van der Waals surface area contributed by atoms with Gasteiger partial charge in [0.1, 0.15) is 17.5 Å². The molecule has 0 aliphatic heterocycles. The summed E-state index contributed by atoms with van der Waals surface area (Å²) in [6, 6.07) is 0.447. The molecular formula is C8H8F3N3O3S. The second kappa shape index (κ2) is 5.23. The van der Waals surface area contributed by atoms with Crippen molar-refractivity contribution in [1.82, 2.24) is 4.72 Å². The first-order chi connectivity index (χ1) is 8.27. The summed E-state index contributed by atoms with van der Waals surface area (Å²) >= 11 is 0. The van der Waals surface area contributed by atoms with Crippen molar-refractivity contribution >= 4 is 15.9 Å². The van der Waals surface area contributed by atoms with Gasteiger partial charge in [-0.2, -0.15) is 0 Å². The summed E-state index contributed by atoms with van der Waals surface area (Å²) in [5, 5.41) is 10.6. The Kier molecular flexibility index (Phi) is 4.14. The lowest BCUT2D eigenvalue weighted by Gasteiger charge is -2.08. The number of hydrogen-bond acceptors (Lipinski definition) is 4. The molecule has 0 aliphatic rings. The molecule has 0 aliphatic carbocycles. The molecule has 0 saturated carbocycles. The van der Waals surface area contributed by atoms with Crippen LogP contribution >= 0.6 is 0 Å². The quantitative estimate of drug-likeness (QED) is 0.316. The average Bonchev–Trinajstić information content (AvgIpc) is 2.24. The summed E-state index contributed by atoms with van der Waals surface area (Å²) in [7, 11) is -4.58. The van der Waals surface area contributed by atoms with E-state index >= 15 is 0 Å². The number of sulfonamides is 1. The highest BCUT2D eigenvalue weighted by atomic mass is 32.2. The Bertz CT molecular complexity index is 565. The molecule has 0 atom stereocenters. The molecule has 0 unspecified atom stereocenters. The number of oxime groups is 1. The van der Waals surface area contributed by atoms with E-state index in [4.69, 9.17) is 10.9 Å². The van der Waals surface area contributed by atoms with Gasteiger partial charge in [0.05, 0.1) is 6.54 Å². The Labute approximate surface area is 100.0 Å². The molecule has 0 radical (unpaired) electrons. The van der Waals surface area contributed by atoms with Crippen LogP contribution < -0.4 is 10.5 Å². The van der Waals surface area contributed by atoms with Crippen LogP contribution in [0.2, 0.25) is 0 Å². The summed E-state index contributed by atoms with van der Waals surface area (Å²) in [6.07, 6.45) is 0. The molecular weight excluding hydrogens is 275 g/mol. The first-order valence-corrected chi connectivity index (χ1v) is 5.87. The Morgan fingerprint density at radius 2 is 1.83 bits per heavy atom. The maximum Gasteiger partial charge on any atom is 0.246 e. The topological polar surface area (TPSA) is 105 Å². The van der Waals surface area contributed by atoms with Crippen LogP contribution in [0.5, 0.6) is 0 Å². The van der Waals surface area contributed by atoms with Crippen LogP contribution in [0.1, 0.15) is 0 Å². The fourth-order valence-corrected chi connectivity index (χ4v) is 2.18. The third-order valence-corrected chi connectivity index (χ3v) is 3.26. The lowest BCUT2D eigenvalue weighted by Crippen LogP contribution is -2.34. The zero-order chi connectivity index (χ0) is 13.9. The van der Waals surface area contributed by atoms with Gasteiger partial charge in [-0.15, -0.1) is 0 Å². The van der Waals surface area contributed by atoms with Crippen molar-refractivity contribution < 1.29 is 26.8 Å². The predicted molar refractivity (Wildman–Crippen MR) is 54.9 cm³/mol. The number of benzene rings is 1. The van der Waals surface area contributed by atoms with Gasteiger partial charge in [0.25, 0.3) is 0 Å². The monoisotopic (exact) mass is 283 g/mol. The first-order valence-electron chi connectivity index (χ1n) is 4.38. The van der Waals surface area contributed by atoms with Gasteiger partial charge in [-0.05, 0) is 0 Å². The minimum atomic E-state index is -4.58. The predicted octanol–water partition coefficient (Wildman–Crippen LogP) is 0.129. The highest BCUT2D eigenvalue weighted by molar-refractivity contribution is 7.89. The molecule has 0 heterocycles. The van der Waals surface area contributed by atoms with E-state index in [-0.39, 0.29) is 12.1 Å². The molecule has 1 aromatic carbocycles. The van der Waals surface area contributed by atoms with Gasteiger partial charge in [0, 0.05) is 12.1 Å². The normalized spacial score (nSPS) is 12.7. The van der Waals surface area contributed by atoms with Gasteiger partial charge in [-0.25, -0.2) is 26.3 Å². The number of nitrogens with zero attached hydrogens (tertiary/aromatic N) is 1. The molecule has 1 aromatic rings. The second-order valence-corrected chi connectivity index (χ2v) is 4.82. The van der Waals surface area contributed by atoms with Crippen molar-refractivity contribution in [3.05, 3.63) is 29.6 Å². The minimum absolute atomic E-state index is 0.223. The number of rotatable bonds is 4. The molecule has 0 bridgehead atoms. The number of hydrogen-bond donors (Lipinski definition) is 3. The fraction of sp³-hybridized carbons (Fsp3) is 0.125. The number of nitrogens with two attached hydrogens (primary N) is 1. The van der Waals surface area contributed by atoms with Gasteiger partial charge in [-0.3, -0.25) is 0 Å². The molecule has 18 heavy (non-hydrogen) atoms. The average molecular weight is 283 g/mol. The largest absolute Gasteiger partial charge is 0.409 e. The highest BCUT2D eigenvalue weighted by Crippen LogP contribution is 2.19. The van der Waals surface area contributed by atoms with Crippen molar-refractivity contribution in [3.8, 4) is 0 Å². The maximum absolute atomic E-state index is 13.2. The van der Waals surface area contributed by atoms with Gasteiger partial charge in [0.2, 0.25) is 10.0 Å². The summed E-state index contributed by atoms with van der Waals surface area (Å²) in [4.78, 5) is -1.34. The Morgan fingerprint density at radius 3 is 2.28 bits per heavy atom. The molecule has 0 amide bonds. The van der Waals surface area contributed by atoms with Crippen LogP contribution in [0.25, 0.3) is 0 Å². The van der Waals surface area contributed by atoms with Crippen LogP contribution in [-0.2, 0) is 10.0 Å². The molecule has 4 N–H and O–H groups in total. The van der Waals surface area contributed by atoms with Crippen LogP contribution in [0.3, 0.4) is 0 Å². The first kappa shape index (κ1) is 14.3. The van der Waals surface area contributed by atoms with E-state index in [1.807, 2.05) is 0 Å². The van der Waals surface area contributed by atoms with Crippen molar-refractivity contribution in [1.29, 1.82) is 0 Å². The highest BCUT2D eigenvalue weighted by Gasteiger charge is 2.25. The van der Waals surface area contributed by atoms with Gasteiger partial charge in [-0.1, -0.05) is 5.16 Å². The zero-order valence-electron chi connectivity index (χ0n) is 8.69. The third kappa shape index (κ3) is 3.11. The molecule has 100 valence electrons. The molecule has 10 heteroatoms. The lowest BCUT2D eigenvalue weighted by atomic mass is 10.3. The van der Waals surface area contributed by atoms with E-state index in [1.165, 1.54) is 0 Å². The van der Waals surface area contributed by atoms with Crippen molar-refractivity contribution in [2.45, 2.75) is 4.90 Å². The zero-order valence-corrected chi connectivity index (χ0v) is 9.51. The summed E-state index contributed by atoms with van der Waals surface area (Å²) in [5.41, 5.74) is 4.98. The molecule has 6 nitrogen and oxygen atoms in total. The Hall–Kier alpha value is -1.81. The lowest BCUT2D eigenvalue weighted by molar-refractivity contribution is 0.317. The fourth-order valence-electron chi connectivity index (χ4n) is 1.06. The Morgan fingerprint density at radius 1 is 1.33 bits per heavy atom. The SMILES string of the molecule is N/C(CNS(=O)(=O)c1c(F)cc(F)cc1F)=N\O. The van der Waals surface area contributed by atoms with E-state index in [9.17, 15) is 21.6 Å². The van der Waals surface area contributed by atoms with Gasteiger partial charge in [0.15, 0.2) is 10.7 Å². The van der Waals surface area contributed by atoms with E-state index < -0.39 is 44.8 Å². The van der Waals surface area contributed by atoms with E-state index in [0.29, 0.717) is 0 Å². The van der Waals surface area contributed by atoms with Crippen LogP contribution in [0.15, 0.2) is 22.2 Å². The van der Waals surface area contributed by atoms with Crippen LogP contribution in [0.4, 0.5) is 13.2 Å². The summed E-state index contributed by atoms with van der Waals surface area (Å²) < 4.78 is 63.7. The summed E-state index contributed by atoms with van der Waals surface area (Å²) in [6.45, 7) is -0.658. The molecule has 0 spiro atoms. The molecule has 0 saturated heterocycles. The second-order valence-electron chi connectivity index (χ2n) is 3.11. The number of halogens is 3. The minimum Gasteiger partial charge on any atom is -0.409 e. The van der Waals surface area contributed by atoms with E-state index in [2.05, 4.69) is 5.16 Å². The van der Waals surface area contributed by atoms with Crippen LogP contribution in [-0.4, -0.2) is 26.0 Å². The standard InChI is InChI=1S/C8H8F3N3O3S/c9-4-1-5(10)8(6(11)2-4)18(16,17)13-3-7(12)14-15/h1-2,13,15H,3H2,(H2,12,14). The third-order valence-electron chi connectivity index (χ3n) is 1.80. The van der Waals surface area contributed by atoms with Crippen LogP contribution in [0, 0.1) is 17.5 Å². The Balaban J connectivity index is 3.14. The molecule has 1 rings (SSSR count). The smallest absolute Gasteiger partial charge is 0.246 e. The number of nitrogens with one attached hydrogen (secondary N) is 1. The number of amidine groups is 1. The van der Waals surface area contributed by atoms with Crippen molar-refractivity contribution in [3.63, 3.8) is 0 Å². The summed E-state index contributed by atoms with van der Waals surface area (Å²) in [5.74, 6) is -4.93. The van der Waals surface area contributed by atoms with Gasteiger partial charge < -0.3 is 10.9 Å².